The number of phenols is 1. The number of nitrogens with two attached hydrogens (primary N) is 1. The van der Waals surface area contributed by atoms with Gasteiger partial charge in [-0.1, -0.05) is 24.3 Å². The summed E-state index contributed by atoms with van der Waals surface area (Å²) < 4.78 is 35.1. The number of fused-ring (bicyclic) bond motifs is 1. The van der Waals surface area contributed by atoms with E-state index in [4.69, 9.17) is 8.48 Å². The Kier molecular flexibility index (Phi) is 10.1. The highest BCUT2D eigenvalue weighted by atomic mass is 19.1. The number of anilines is 3. The number of aromatic hydroxyl groups is 1. The van der Waals surface area contributed by atoms with E-state index in [0.29, 0.717) is 61.2 Å². The van der Waals surface area contributed by atoms with Gasteiger partial charge in [-0.05, 0) is 105 Å². The molecule has 59 heavy (non-hydrogen) atoms. The first-order chi connectivity index (χ1) is 29.4. The number of nitrogens with one attached hydrogen (secondary N) is 1. The van der Waals surface area contributed by atoms with Gasteiger partial charge in [-0.25, -0.2) is 4.39 Å². The second-order valence-electron chi connectivity index (χ2n) is 17.0. The largest absolute Gasteiger partial charge is 0.507 e. The van der Waals surface area contributed by atoms with E-state index in [-0.39, 0.29) is 17.6 Å². The molecule has 0 radical (unpaired) electrons. The summed E-state index contributed by atoms with van der Waals surface area (Å²) in [5.41, 5.74) is 13.1. The van der Waals surface area contributed by atoms with Gasteiger partial charge in [0.2, 0.25) is 0 Å². The normalized spacial score (nSPS) is 23.4. The maximum atomic E-state index is 16.4. The number of likely N-dealkylation sites (tertiary alicyclic amines) is 2. The molecule has 2 aromatic heterocycles. The van der Waals surface area contributed by atoms with Gasteiger partial charge in [0.05, 0.1) is 19.4 Å². The molecule has 11 nitrogen and oxygen atoms in total. The molecule has 5 aromatic rings. The van der Waals surface area contributed by atoms with E-state index in [9.17, 15) is 9.90 Å². The van der Waals surface area contributed by atoms with Crippen LogP contribution in [0.5, 0.6) is 5.75 Å². The lowest BCUT2D eigenvalue weighted by atomic mass is 9.86. The molecule has 3 atom stereocenters. The summed E-state index contributed by atoms with van der Waals surface area (Å²) in [6.07, 6.45) is 10.3. The fourth-order valence-electron chi connectivity index (χ4n) is 9.79. The second kappa shape index (κ2) is 16.3. The third-order valence-corrected chi connectivity index (χ3v) is 13.1. The van der Waals surface area contributed by atoms with Crippen molar-refractivity contribution in [2.75, 3.05) is 74.5 Å². The lowest BCUT2D eigenvalue weighted by Gasteiger charge is -2.41. The van der Waals surface area contributed by atoms with Gasteiger partial charge in [-0.2, -0.15) is 0 Å². The van der Waals surface area contributed by atoms with Gasteiger partial charge < -0.3 is 35.0 Å². The lowest BCUT2D eigenvalue weighted by Crippen LogP contribution is -2.51. The highest BCUT2D eigenvalue weighted by Gasteiger charge is 2.39. The topological polar surface area (TPSA) is 119 Å². The molecule has 0 bridgehead atoms. The number of carbonyl (C=O) groups is 1. The van der Waals surface area contributed by atoms with Crippen molar-refractivity contribution in [3.05, 3.63) is 107 Å². The zero-order valence-corrected chi connectivity index (χ0v) is 34.0. The molecule has 12 heteroatoms. The number of nitrogens with zero attached hydrogens (tertiary/aromatic N) is 7. The Labute approximate surface area is 349 Å². The Hall–Kier alpha value is -5.46. The fraction of sp³-hybridized carbons (Fsp3) is 0.426. The van der Waals surface area contributed by atoms with Crippen LogP contribution in [0.25, 0.3) is 22.2 Å². The third kappa shape index (κ3) is 8.00. The predicted molar refractivity (Wildman–Crippen MR) is 234 cm³/mol. The van der Waals surface area contributed by atoms with E-state index in [0.717, 1.165) is 79.8 Å². The number of hydrogen-bond donors (Lipinski definition) is 3. The van der Waals surface area contributed by atoms with Crippen molar-refractivity contribution in [1.82, 2.24) is 29.9 Å². The SMILES string of the molecule is [2H]C1C=CN(c2cc3ccn(C4CCN(CC5(F)CCN(C(=O)c6ccc(C7CCCN(c8cc(-c9ccccc9O)nnc8N)C7)c(C)c6)CC5)CC4)c3cc2C)[C@H]([2H])N1. The number of benzene rings is 3. The van der Waals surface area contributed by atoms with Crippen LogP contribution < -0.4 is 20.9 Å². The molecule has 3 fully saturated rings. The Morgan fingerprint density at radius 2 is 1.78 bits per heavy atom. The first kappa shape index (κ1) is 36.6. The zero-order chi connectivity index (χ0) is 42.4. The zero-order valence-electron chi connectivity index (χ0n) is 36.0. The Morgan fingerprint density at radius 3 is 2.56 bits per heavy atom. The number of hydrogen-bond acceptors (Lipinski definition) is 9. The van der Waals surface area contributed by atoms with E-state index < -0.39 is 18.8 Å². The van der Waals surface area contributed by atoms with E-state index in [1.54, 1.807) is 18.2 Å². The molecule has 3 aromatic carbocycles. The van der Waals surface area contributed by atoms with Crippen molar-refractivity contribution in [2.24, 2.45) is 0 Å². The van der Waals surface area contributed by atoms with Crippen molar-refractivity contribution >= 4 is 34.0 Å². The summed E-state index contributed by atoms with van der Waals surface area (Å²) in [4.78, 5) is 22.0. The van der Waals surface area contributed by atoms with E-state index >= 15 is 4.39 Å². The average molecular weight is 800 g/mol. The predicted octanol–water partition coefficient (Wildman–Crippen LogP) is 7.55. The number of piperidine rings is 3. The van der Waals surface area contributed by atoms with Gasteiger partial charge in [-0.15, -0.1) is 10.2 Å². The van der Waals surface area contributed by atoms with Gasteiger partial charge in [0.1, 0.15) is 11.4 Å². The molecule has 4 aliphatic heterocycles. The second-order valence-corrected chi connectivity index (χ2v) is 17.0. The van der Waals surface area contributed by atoms with Gasteiger partial charge >= 0.3 is 0 Å². The minimum absolute atomic E-state index is 0.0403. The summed E-state index contributed by atoms with van der Waals surface area (Å²) in [5.74, 6) is 0.695. The fourth-order valence-corrected chi connectivity index (χ4v) is 9.79. The number of carbonyl (C=O) groups excluding carboxylic acids is 1. The van der Waals surface area contributed by atoms with Crippen molar-refractivity contribution in [1.29, 1.82) is 0 Å². The number of aromatic nitrogens is 3. The Bertz CT molecular complexity index is 2440. The molecule has 6 heterocycles. The smallest absolute Gasteiger partial charge is 0.253 e. The van der Waals surface area contributed by atoms with Crippen LogP contribution in [0.2, 0.25) is 0 Å². The number of halogens is 1. The van der Waals surface area contributed by atoms with Crippen molar-refractivity contribution in [2.45, 2.75) is 70.0 Å². The molecule has 1 amide bonds. The van der Waals surface area contributed by atoms with Crippen molar-refractivity contribution < 1.29 is 17.0 Å². The number of rotatable bonds is 8. The molecule has 3 saturated heterocycles. The maximum Gasteiger partial charge on any atom is 0.253 e. The Morgan fingerprint density at radius 1 is 0.966 bits per heavy atom. The standard InChI is InChI=1S/C47H56FN9O2/c1-32-25-35(10-11-38(32)36-7-5-18-55(29-36)43-28-40(51-52-45(43)49)39-8-3-4-9-44(39)58)46(59)54-23-15-47(48,16-24-54)30-53-20-13-37(14-21-53)57-22-12-34-27-41(33(2)26-42(34)57)56-19-6-17-50-31-56/h3-4,6,8-12,19,22,25-28,36-37,50,58H,5,7,13-18,20-21,23-24,29-31H2,1-2H3,(H2,49,52)/i17D,31D/t17?,31-,36?/m1/s1. The van der Waals surface area contributed by atoms with Crippen molar-refractivity contribution in [3.63, 3.8) is 0 Å². The molecule has 308 valence electrons. The summed E-state index contributed by atoms with van der Waals surface area (Å²) >= 11 is 0. The first-order valence-electron chi connectivity index (χ1n) is 22.2. The summed E-state index contributed by atoms with van der Waals surface area (Å²) in [5, 5.41) is 23.0. The number of aryl methyl sites for hydroxylation is 2. The maximum absolute atomic E-state index is 16.4. The quantitative estimate of drug-likeness (QED) is 0.146. The summed E-state index contributed by atoms with van der Waals surface area (Å²) in [6, 6.07) is 21.8. The number of alkyl halides is 1. The van der Waals surface area contributed by atoms with Crippen LogP contribution in [0.15, 0.2) is 85.2 Å². The number of amides is 1. The van der Waals surface area contributed by atoms with Crippen LogP contribution in [-0.2, 0) is 0 Å². The van der Waals surface area contributed by atoms with Crippen LogP contribution in [0.4, 0.5) is 21.6 Å². The van der Waals surface area contributed by atoms with E-state index in [1.807, 2.05) is 46.3 Å². The molecule has 0 aliphatic carbocycles. The van der Waals surface area contributed by atoms with Crippen molar-refractivity contribution in [3.8, 4) is 17.0 Å². The van der Waals surface area contributed by atoms with Crippen LogP contribution in [0.3, 0.4) is 0 Å². The van der Waals surface area contributed by atoms with Crippen LogP contribution in [-0.4, -0.2) is 100 Å². The minimum Gasteiger partial charge on any atom is -0.507 e. The van der Waals surface area contributed by atoms with E-state index in [2.05, 4.69) is 74.2 Å². The molecule has 9 rings (SSSR count). The molecule has 2 unspecified atom stereocenters. The van der Waals surface area contributed by atoms with Crippen LogP contribution >= 0.6 is 0 Å². The third-order valence-electron chi connectivity index (χ3n) is 13.1. The van der Waals surface area contributed by atoms with Crippen LogP contribution in [0, 0.1) is 13.8 Å². The number of phenolic OH excluding ortho intramolecular Hbond substituents is 1. The lowest BCUT2D eigenvalue weighted by molar-refractivity contribution is 0.0158. The highest BCUT2D eigenvalue weighted by molar-refractivity contribution is 5.94. The molecule has 0 saturated carbocycles. The monoisotopic (exact) mass is 799 g/mol. The number of para-hydroxylation sites is 1. The highest BCUT2D eigenvalue weighted by Crippen LogP contribution is 2.38. The summed E-state index contributed by atoms with van der Waals surface area (Å²) in [6.45, 7) is 7.28. The minimum atomic E-state index is -1.33. The molecular formula is C47H56FN9O2. The van der Waals surface area contributed by atoms with Crippen LogP contribution in [0.1, 0.15) is 80.3 Å². The summed E-state index contributed by atoms with van der Waals surface area (Å²) in [7, 11) is 0. The van der Waals surface area contributed by atoms with Gasteiger partial charge in [0.25, 0.3) is 5.91 Å². The first-order valence-corrected chi connectivity index (χ1v) is 21.1. The van der Waals surface area contributed by atoms with Gasteiger partial charge in [0, 0.05) is 119 Å². The van der Waals surface area contributed by atoms with E-state index in [1.165, 1.54) is 11.1 Å². The molecule has 4 N–H and O–H groups in total. The van der Waals surface area contributed by atoms with Gasteiger partial charge in [0.15, 0.2) is 5.82 Å². The molecular weight excluding hydrogens is 742 g/mol. The molecule has 4 aliphatic rings. The van der Waals surface area contributed by atoms with Gasteiger partial charge in [-0.3, -0.25) is 10.1 Å². The molecule has 0 spiro atoms. The average Bonchev–Trinajstić information content (AvgIpc) is 3.66. The Balaban J connectivity index is 0.781. The number of nitrogen functional groups attached to an aromatic ring is 1.